The first-order chi connectivity index (χ1) is 9.24. The fraction of sp³-hybridized carbons (Fsp3) is 0.500. The molecule has 0 atom stereocenters. The van der Waals surface area contributed by atoms with E-state index >= 15 is 0 Å². The van der Waals surface area contributed by atoms with Crippen molar-refractivity contribution in [3.63, 3.8) is 0 Å². The zero-order valence-electron chi connectivity index (χ0n) is 11.0. The first-order valence-corrected chi connectivity index (χ1v) is 6.82. The molecule has 104 valence electrons. The molecule has 0 spiro atoms. The summed E-state index contributed by atoms with van der Waals surface area (Å²) in [6.45, 7) is 1.76. The van der Waals surface area contributed by atoms with Crippen molar-refractivity contribution >= 4 is 23.2 Å². The SMILES string of the molecule is COCCCCC(=O)N1CCOc2c(Cl)cccc21. The van der Waals surface area contributed by atoms with Gasteiger partial charge in [-0.1, -0.05) is 17.7 Å². The van der Waals surface area contributed by atoms with E-state index in [1.54, 1.807) is 18.1 Å². The van der Waals surface area contributed by atoms with E-state index in [4.69, 9.17) is 21.1 Å². The number of para-hydroxylation sites is 1. The Hall–Kier alpha value is -1.26. The molecule has 5 heteroatoms. The van der Waals surface area contributed by atoms with E-state index in [9.17, 15) is 4.79 Å². The van der Waals surface area contributed by atoms with Crippen molar-refractivity contribution in [3.8, 4) is 5.75 Å². The van der Waals surface area contributed by atoms with Crippen LogP contribution in [0.3, 0.4) is 0 Å². The lowest BCUT2D eigenvalue weighted by atomic mass is 10.2. The fourth-order valence-corrected chi connectivity index (χ4v) is 2.35. The Kier molecular flexibility index (Phi) is 5.05. The summed E-state index contributed by atoms with van der Waals surface area (Å²) in [5.41, 5.74) is 0.774. The van der Waals surface area contributed by atoms with Gasteiger partial charge in [0, 0.05) is 20.1 Å². The molecular formula is C14H18ClNO3. The van der Waals surface area contributed by atoms with Crippen LogP contribution >= 0.6 is 11.6 Å². The second kappa shape index (κ2) is 6.78. The van der Waals surface area contributed by atoms with Crippen LogP contribution in [0.15, 0.2) is 18.2 Å². The van der Waals surface area contributed by atoms with Crippen molar-refractivity contribution in [1.82, 2.24) is 0 Å². The highest BCUT2D eigenvalue weighted by atomic mass is 35.5. The molecular weight excluding hydrogens is 266 g/mol. The second-order valence-corrected chi connectivity index (χ2v) is 4.84. The van der Waals surface area contributed by atoms with Gasteiger partial charge in [0.15, 0.2) is 5.75 Å². The molecule has 0 saturated heterocycles. The lowest BCUT2D eigenvalue weighted by Crippen LogP contribution is -2.37. The summed E-state index contributed by atoms with van der Waals surface area (Å²) < 4.78 is 10.5. The summed E-state index contributed by atoms with van der Waals surface area (Å²) in [6.07, 6.45) is 2.25. The van der Waals surface area contributed by atoms with E-state index < -0.39 is 0 Å². The van der Waals surface area contributed by atoms with Crippen LogP contribution in [0.5, 0.6) is 5.75 Å². The maximum absolute atomic E-state index is 12.2. The van der Waals surface area contributed by atoms with Crippen molar-refractivity contribution in [1.29, 1.82) is 0 Å². The Balaban J connectivity index is 2.02. The Labute approximate surface area is 118 Å². The molecule has 0 aromatic heterocycles. The molecule has 0 bridgehead atoms. The number of amides is 1. The number of rotatable bonds is 5. The number of nitrogens with zero attached hydrogens (tertiary/aromatic N) is 1. The van der Waals surface area contributed by atoms with Gasteiger partial charge in [-0.3, -0.25) is 4.79 Å². The van der Waals surface area contributed by atoms with Gasteiger partial charge in [-0.25, -0.2) is 0 Å². The number of anilines is 1. The molecule has 1 aliphatic rings. The summed E-state index contributed by atoms with van der Waals surface area (Å²) in [4.78, 5) is 14.0. The third kappa shape index (κ3) is 3.39. The molecule has 19 heavy (non-hydrogen) atoms. The summed E-state index contributed by atoms with van der Waals surface area (Å²) in [7, 11) is 1.67. The van der Waals surface area contributed by atoms with E-state index in [1.165, 1.54) is 0 Å². The van der Waals surface area contributed by atoms with Crippen LogP contribution in [0, 0.1) is 0 Å². The Morgan fingerprint density at radius 1 is 1.47 bits per heavy atom. The second-order valence-electron chi connectivity index (χ2n) is 4.43. The predicted octanol–water partition coefficient (Wildman–Crippen LogP) is 2.88. The third-order valence-electron chi connectivity index (χ3n) is 3.09. The largest absolute Gasteiger partial charge is 0.488 e. The van der Waals surface area contributed by atoms with Crippen LogP contribution in [0.2, 0.25) is 5.02 Å². The molecule has 0 unspecified atom stereocenters. The summed E-state index contributed by atoms with van der Waals surface area (Å²) in [6, 6.07) is 5.47. The molecule has 1 aromatic rings. The van der Waals surface area contributed by atoms with Crippen LogP contribution in [0.25, 0.3) is 0 Å². The summed E-state index contributed by atoms with van der Waals surface area (Å²) in [5.74, 6) is 0.726. The van der Waals surface area contributed by atoms with Crippen LogP contribution in [0.4, 0.5) is 5.69 Å². The van der Waals surface area contributed by atoms with Gasteiger partial charge in [-0.2, -0.15) is 0 Å². The van der Waals surface area contributed by atoms with E-state index in [0.717, 1.165) is 18.5 Å². The van der Waals surface area contributed by atoms with E-state index in [2.05, 4.69) is 0 Å². The quantitative estimate of drug-likeness (QED) is 0.780. The van der Waals surface area contributed by atoms with Crippen LogP contribution in [-0.2, 0) is 9.53 Å². The minimum absolute atomic E-state index is 0.114. The molecule has 1 heterocycles. The van der Waals surface area contributed by atoms with Crippen molar-refractivity contribution in [2.45, 2.75) is 19.3 Å². The minimum Gasteiger partial charge on any atom is -0.488 e. The number of ether oxygens (including phenoxy) is 2. The molecule has 1 aliphatic heterocycles. The summed E-state index contributed by atoms with van der Waals surface area (Å²) >= 11 is 6.08. The number of hydrogen-bond donors (Lipinski definition) is 0. The molecule has 2 rings (SSSR count). The van der Waals surface area contributed by atoms with Gasteiger partial charge in [-0.15, -0.1) is 0 Å². The van der Waals surface area contributed by atoms with Crippen LogP contribution in [0.1, 0.15) is 19.3 Å². The van der Waals surface area contributed by atoms with Crippen molar-refractivity contribution in [2.75, 3.05) is 31.8 Å². The van der Waals surface area contributed by atoms with Crippen LogP contribution in [-0.4, -0.2) is 32.8 Å². The number of fused-ring (bicyclic) bond motifs is 1. The Morgan fingerprint density at radius 3 is 3.11 bits per heavy atom. The zero-order chi connectivity index (χ0) is 13.7. The number of carbonyl (C=O) groups is 1. The van der Waals surface area contributed by atoms with E-state index in [-0.39, 0.29) is 5.91 Å². The smallest absolute Gasteiger partial charge is 0.227 e. The molecule has 1 aromatic carbocycles. The van der Waals surface area contributed by atoms with Gasteiger partial charge in [0.2, 0.25) is 5.91 Å². The highest BCUT2D eigenvalue weighted by Crippen LogP contribution is 2.38. The van der Waals surface area contributed by atoms with Gasteiger partial charge >= 0.3 is 0 Å². The minimum atomic E-state index is 0.114. The highest BCUT2D eigenvalue weighted by molar-refractivity contribution is 6.32. The normalized spacial score (nSPS) is 13.9. The van der Waals surface area contributed by atoms with Crippen LogP contribution < -0.4 is 9.64 Å². The van der Waals surface area contributed by atoms with Gasteiger partial charge in [0.25, 0.3) is 0 Å². The first-order valence-electron chi connectivity index (χ1n) is 6.44. The monoisotopic (exact) mass is 283 g/mol. The Morgan fingerprint density at radius 2 is 2.32 bits per heavy atom. The van der Waals surface area contributed by atoms with Crippen molar-refractivity contribution < 1.29 is 14.3 Å². The average molecular weight is 284 g/mol. The van der Waals surface area contributed by atoms with Gasteiger partial charge in [0.05, 0.1) is 17.3 Å². The summed E-state index contributed by atoms with van der Waals surface area (Å²) in [5, 5.41) is 0.550. The van der Waals surface area contributed by atoms with Crippen molar-refractivity contribution in [3.05, 3.63) is 23.2 Å². The zero-order valence-corrected chi connectivity index (χ0v) is 11.8. The Bertz CT molecular complexity index is 450. The lowest BCUT2D eigenvalue weighted by molar-refractivity contribution is -0.119. The first kappa shape index (κ1) is 14.2. The fourth-order valence-electron chi connectivity index (χ4n) is 2.13. The molecule has 0 saturated carbocycles. The maximum atomic E-state index is 12.2. The van der Waals surface area contributed by atoms with Gasteiger partial charge < -0.3 is 14.4 Å². The standard InChI is InChI=1S/C14H18ClNO3/c1-18-9-3-2-7-13(17)16-8-10-19-14-11(15)5-4-6-12(14)16/h4-6H,2-3,7-10H2,1H3. The molecule has 1 amide bonds. The third-order valence-corrected chi connectivity index (χ3v) is 3.39. The lowest BCUT2D eigenvalue weighted by Gasteiger charge is -2.30. The topological polar surface area (TPSA) is 38.8 Å². The number of benzene rings is 1. The molecule has 0 fully saturated rings. The molecule has 0 aliphatic carbocycles. The number of carbonyl (C=O) groups excluding carboxylic acids is 1. The molecule has 0 N–H and O–H groups in total. The number of methoxy groups -OCH3 is 1. The van der Waals surface area contributed by atoms with Gasteiger partial charge in [-0.05, 0) is 25.0 Å². The molecule has 0 radical (unpaired) electrons. The van der Waals surface area contributed by atoms with E-state index in [0.29, 0.717) is 37.0 Å². The van der Waals surface area contributed by atoms with Crippen molar-refractivity contribution in [2.24, 2.45) is 0 Å². The number of halogens is 1. The predicted molar refractivity (Wildman–Crippen MR) is 75.0 cm³/mol. The highest BCUT2D eigenvalue weighted by Gasteiger charge is 2.24. The molecule has 4 nitrogen and oxygen atoms in total. The average Bonchev–Trinajstić information content (AvgIpc) is 2.43. The number of hydrogen-bond acceptors (Lipinski definition) is 3. The number of unbranched alkanes of at least 4 members (excludes halogenated alkanes) is 1. The maximum Gasteiger partial charge on any atom is 0.227 e. The van der Waals surface area contributed by atoms with Gasteiger partial charge in [0.1, 0.15) is 6.61 Å². The van der Waals surface area contributed by atoms with E-state index in [1.807, 2.05) is 12.1 Å².